The van der Waals surface area contributed by atoms with E-state index in [1.807, 2.05) is 0 Å². The van der Waals surface area contributed by atoms with E-state index in [2.05, 4.69) is 25.4 Å². The molecule has 0 unspecified atom stereocenters. The molecule has 3 aromatic heterocycles. The summed E-state index contributed by atoms with van der Waals surface area (Å²) < 4.78 is 42.3. The first-order valence-corrected chi connectivity index (χ1v) is 17.2. The number of aromatic nitrogens is 6. The molecule has 7 rings (SSSR count). The Morgan fingerprint density at radius 2 is 1.78 bits per heavy atom. The molecule has 1 saturated heterocycles. The molecule has 0 radical (unpaired) electrons. The number of nitrogens with zero attached hydrogens (tertiary/aromatic N) is 9. The second-order valence-corrected chi connectivity index (χ2v) is 13.3. The molecule has 0 atom stereocenters. The highest BCUT2D eigenvalue weighted by atomic mass is 35.5. The van der Waals surface area contributed by atoms with Crippen molar-refractivity contribution in [2.45, 2.75) is 39.5 Å². The molecule has 3 amide bonds. The molecule has 19 heteroatoms. The Hall–Kier alpha value is -6.04. The quantitative estimate of drug-likeness (QED) is 0.249. The van der Waals surface area contributed by atoms with Crippen LogP contribution in [0.2, 0.25) is 5.02 Å². The van der Waals surface area contributed by atoms with E-state index in [-0.39, 0.29) is 83.6 Å². The minimum absolute atomic E-state index is 0.0108. The number of alkyl halides is 3. The van der Waals surface area contributed by atoms with Gasteiger partial charge in [-0.15, -0.1) is 5.10 Å². The van der Waals surface area contributed by atoms with E-state index in [1.165, 1.54) is 15.8 Å². The van der Waals surface area contributed by atoms with Crippen molar-refractivity contribution in [1.29, 1.82) is 0 Å². The number of piperazine rings is 1. The Balaban J connectivity index is 1.27. The number of anilines is 2. The van der Waals surface area contributed by atoms with Crippen LogP contribution in [0.4, 0.5) is 24.5 Å². The van der Waals surface area contributed by atoms with E-state index in [0.717, 1.165) is 22.2 Å². The number of fused-ring (bicyclic) bond motifs is 2. The maximum atomic E-state index is 14.3. The topological polar surface area (TPSA) is 171 Å². The van der Waals surface area contributed by atoms with Crippen LogP contribution in [0, 0.1) is 6.92 Å². The van der Waals surface area contributed by atoms with Crippen molar-refractivity contribution < 1.29 is 32.7 Å². The highest BCUT2D eigenvalue weighted by molar-refractivity contribution is 6.33. The van der Waals surface area contributed by atoms with Crippen LogP contribution in [-0.4, -0.2) is 95.0 Å². The molecule has 5 heterocycles. The fourth-order valence-electron chi connectivity index (χ4n) is 6.67. The van der Waals surface area contributed by atoms with Crippen LogP contribution < -0.4 is 15.8 Å². The molecule has 5 aromatic rings. The van der Waals surface area contributed by atoms with Crippen LogP contribution in [0.3, 0.4) is 0 Å². The van der Waals surface area contributed by atoms with Crippen molar-refractivity contribution in [2.24, 2.45) is 0 Å². The summed E-state index contributed by atoms with van der Waals surface area (Å²) in [7, 11) is 1.69. The molecule has 54 heavy (non-hydrogen) atoms. The molecule has 15 nitrogen and oxygen atoms in total. The first-order chi connectivity index (χ1) is 25.7. The third-order valence-corrected chi connectivity index (χ3v) is 9.79. The predicted octanol–water partition coefficient (Wildman–Crippen LogP) is 3.78. The minimum Gasteiger partial charge on any atom is -0.504 e. The summed E-state index contributed by atoms with van der Waals surface area (Å²) >= 11 is 6.13. The van der Waals surface area contributed by atoms with E-state index in [1.54, 1.807) is 48.9 Å². The van der Waals surface area contributed by atoms with Gasteiger partial charge in [0, 0.05) is 50.9 Å². The van der Waals surface area contributed by atoms with Crippen LogP contribution in [-0.2, 0) is 30.5 Å². The number of rotatable bonds is 7. The second kappa shape index (κ2) is 13.7. The van der Waals surface area contributed by atoms with Crippen LogP contribution in [0.1, 0.15) is 50.3 Å². The van der Waals surface area contributed by atoms with Gasteiger partial charge in [-0.2, -0.15) is 22.7 Å². The molecular weight excluding hydrogens is 733 g/mol. The van der Waals surface area contributed by atoms with Gasteiger partial charge in [-0.1, -0.05) is 30.7 Å². The van der Waals surface area contributed by atoms with Crippen molar-refractivity contribution in [3.63, 3.8) is 0 Å². The van der Waals surface area contributed by atoms with Gasteiger partial charge in [0.1, 0.15) is 18.6 Å². The Labute approximate surface area is 309 Å². The molecule has 1 fully saturated rings. The van der Waals surface area contributed by atoms with Gasteiger partial charge in [-0.3, -0.25) is 19.2 Å². The maximum absolute atomic E-state index is 14.3. The Morgan fingerprint density at radius 3 is 2.46 bits per heavy atom. The van der Waals surface area contributed by atoms with Gasteiger partial charge in [-0.25, -0.2) is 9.97 Å². The fraction of sp³-hybridized carbons (Fsp3) is 0.314. The zero-order valence-electron chi connectivity index (χ0n) is 29.1. The summed E-state index contributed by atoms with van der Waals surface area (Å²) in [5.74, 6) is -1.53. The van der Waals surface area contributed by atoms with Gasteiger partial charge < -0.3 is 29.7 Å². The number of nitrogens with one attached hydrogen (secondary N) is 1. The average Bonchev–Trinajstić information content (AvgIpc) is 3.71. The van der Waals surface area contributed by atoms with Gasteiger partial charge in [0.25, 0.3) is 17.4 Å². The number of benzene rings is 2. The molecule has 0 aliphatic carbocycles. The molecular formula is C35H32ClF3N10O5. The van der Waals surface area contributed by atoms with E-state index in [0.29, 0.717) is 29.4 Å². The van der Waals surface area contributed by atoms with Crippen molar-refractivity contribution in [1.82, 2.24) is 38.9 Å². The SMILES string of the molecule is CCc1c(N2CCN(C(=O)c3ncnc(C)c3O)CC2)c(=O)n2nc(-c3ccc4c(c3)C(=O)N(C)C4)nc2n1CC(=O)Nc1ccc(C(F)(F)F)cc1Cl. The van der Waals surface area contributed by atoms with Gasteiger partial charge in [0.15, 0.2) is 17.3 Å². The van der Waals surface area contributed by atoms with Gasteiger partial charge >= 0.3 is 6.18 Å². The Morgan fingerprint density at radius 1 is 1.04 bits per heavy atom. The summed E-state index contributed by atoms with van der Waals surface area (Å²) in [5, 5.41) is 17.2. The smallest absolute Gasteiger partial charge is 0.416 e. The number of aromatic hydroxyl groups is 1. The zero-order valence-corrected chi connectivity index (χ0v) is 29.9. The molecule has 2 aliphatic heterocycles. The molecule has 0 saturated carbocycles. The normalized spacial score (nSPS) is 14.6. The van der Waals surface area contributed by atoms with Crippen molar-refractivity contribution in [2.75, 3.05) is 43.4 Å². The van der Waals surface area contributed by atoms with Crippen molar-refractivity contribution >= 4 is 46.5 Å². The Kier molecular flexibility index (Phi) is 9.24. The van der Waals surface area contributed by atoms with E-state index >= 15 is 0 Å². The van der Waals surface area contributed by atoms with Crippen LogP contribution in [0.25, 0.3) is 17.2 Å². The number of carbonyl (C=O) groups excluding carboxylic acids is 3. The van der Waals surface area contributed by atoms with Crippen LogP contribution in [0.5, 0.6) is 5.75 Å². The first kappa shape index (κ1) is 36.3. The third kappa shape index (κ3) is 6.46. The standard InChI is InChI=1S/C35H32ClF3N10O5/c1-4-25-28(46-9-11-47(12-10-46)32(53)27-29(51)18(2)40-17-41-27)33(54)49-34(43-30(44-49)19-5-6-20-15-45(3)31(52)22(20)13-19)48(25)16-26(50)42-24-8-7-21(14-23(24)36)35(37,38)39/h5-8,13-14,17,51H,4,9-12,15-16H2,1-3H3,(H,42,50). The monoisotopic (exact) mass is 764 g/mol. The number of hydrogen-bond acceptors (Lipinski definition) is 10. The molecule has 0 spiro atoms. The molecule has 2 N–H and O–H groups in total. The maximum Gasteiger partial charge on any atom is 0.416 e. The summed E-state index contributed by atoms with van der Waals surface area (Å²) in [6, 6.07) is 7.75. The van der Waals surface area contributed by atoms with Crippen molar-refractivity contribution in [3.8, 4) is 17.1 Å². The predicted molar refractivity (Wildman–Crippen MR) is 189 cm³/mol. The van der Waals surface area contributed by atoms with E-state index in [4.69, 9.17) is 11.6 Å². The summed E-state index contributed by atoms with van der Waals surface area (Å²) in [6.07, 6.45) is -3.20. The number of amides is 3. The molecule has 2 aliphatic rings. The largest absolute Gasteiger partial charge is 0.504 e. The summed E-state index contributed by atoms with van der Waals surface area (Å²) in [6.45, 7) is 4.06. The molecule has 0 bridgehead atoms. The highest BCUT2D eigenvalue weighted by Gasteiger charge is 2.33. The number of halogens is 4. The Bertz CT molecular complexity index is 2420. The fourth-order valence-corrected chi connectivity index (χ4v) is 6.90. The first-order valence-electron chi connectivity index (χ1n) is 16.8. The van der Waals surface area contributed by atoms with E-state index in [9.17, 15) is 37.5 Å². The molecule has 280 valence electrons. The highest BCUT2D eigenvalue weighted by Crippen LogP contribution is 2.34. The minimum atomic E-state index is -4.64. The average molecular weight is 765 g/mol. The molecule has 2 aromatic carbocycles. The lowest BCUT2D eigenvalue weighted by Crippen LogP contribution is -2.51. The lowest BCUT2D eigenvalue weighted by molar-refractivity contribution is -0.137. The lowest BCUT2D eigenvalue weighted by atomic mass is 10.1. The van der Waals surface area contributed by atoms with Crippen molar-refractivity contribution in [3.05, 3.63) is 91.9 Å². The third-order valence-electron chi connectivity index (χ3n) is 9.48. The van der Waals surface area contributed by atoms with Gasteiger partial charge in [0.2, 0.25) is 11.7 Å². The van der Waals surface area contributed by atoms with Gasteiger partial charge in [0.05, 0.1) is 27.7 Å². The number of carbonyl (C=O) groups is 3. The second-order valence-electron chi connectivity index (χ2n) is 12.9. The van der Waals surface area contributed by atoms with E-state index < -0.39 is 35.7 Å². The van der Waals surface area contributed by atoms with Crippen LogP contribution in [0.15, 0.2) is 47.5 Å². The van der Waals surface area contributed by atoms with Gasteiger partial charge in [-0.05, 0) is 43.2 Å². The summed E-state index contributed by atoms with van der Waals surface area (Å²) in [4.78, 5) is 71.4. The summed E-state index contributed by atoms with van der Waals surface area (Å²) in [5.41, 5.74) is 0.933. The number of hydrogen-bond donors (Lipinski definition) is 2. The lowest BCUT2D eigenvalue weighted by Gasteiger charge is -2.36. The number of aryl methyl sites for hydroxylation is 1. The zero-order chi connectivity index (χ0) is 38.6. The van der Waals surface area contributed by atoms with Crippen LogP contribution >= 0.6 is 11.6 Å².